The molecule has 2 heterocycles. The highest BCUT2D eigenvalue weighted by atomic mass is 16.2. The minimum atomic E-state index is 0.0343. The van der Waals surface area contributed by atoms with Gasteiger partial charge in [0.25, 0.3) is 0 Å². The van der Waals surface area contributed by atoms with Crippen LogP contribution in [0.2, 0.25) is 0 Å². The molecule has 0 fully saturated rings. The Bertz CT molecular complexity index is 622. The fourth-order valence-electron chi connectivity index (χ4n) is 2.43. The summed E-state index contributed by atoms with van der Waals surface area (Å²) in [5.74, 6) is 0.569. The number of hydrogen-bond acceptors (Lipinski definition) is 4. The van der Waals surface area contributed by atoms with E-state index >= 15 is 0 Å². The quantitative estimate of drug-likeness (QED) is 0.879. The molecular formula is C14H17N5O. The maximum absolute atomic E-state index is 11.7. The molecule has 104 valence electrons. The van der Waals surface area contributed by atoms with E-state index in [1.807, 2.05) is 35.1 Å². The van der Waals surface area contributed by atoms with E-state index in [4.69, 9.17) is 5.73 Å². The summed E-state index contributed by atoms with van der Waals surface area (Å²) in [5.41, 5.74) is 7.54. The number of fused-ring (bicyclic) bond motifs is 1. The average Bonchev–Trinajstić information content (AvgIpc) is 2.84. The standard InChI is InChI=1S/C14H17N5O/c15-13-6-9-19(17-13)8-3-7-18-10-14(20)16-11-4-1-2-5-12(11)18/h1-2,4-6,9H,3,7-8,10H2,(H2,15,17)(H,16,20). The van der Waals surface area contributed by atoms with Crippen LogP contribution in [0, 0.1) is 0 Å². The van der Waals surface area contributed by atoms with Gasteiger partial charge >= 0.3 is 0 Å². The number of nitrogens with two attached hydrogens (primary N) is 1. The fourth-order valence-corrected chi connectivity index (χ4v) is 2.43. The highest BCUT2D eigenvalue weighted by Gasteiger charge is 2.20. The van der Waals surface area contributed by atoms with Crippen molar-refractivity contribution in [3.05, 3.63) is 36.5 Å². The smallest absolute Gasteiger partial charge is 0.243 e. The second-order valence-electron chi connectivity index (χ2n) is 4.84. The molecule has 1 aromatic carbocycles. The molecule has 1 aliphatic heterocycles. The molecule has 0 saturated carbocycles. The van der Waals surface area contributed by atoms with Crippen molar-refractivity contribution in [3.8, 4) is 0 Å². The number of para-hydroxylation sites is 2. The van der Waals surface area contributed by atoms with Gasteiger partial charge in [-0.2, -0.15) is 5.10 Å². The molecule has 6 heteroatoms. The Labute approximate surface area is 117 Å². The third-order valence-electron chi connectivity index (χ3n) is 3.33. The van der Waals surface area contributed by atoms with Gasteiger partial charge in [-0.3, -0.25) is 9.48 Å². The van der Waals surface area contributed by atoms with E-state index in [0.717, 1.165) is 30.9 Å². The van der Waals surface area contributed by atoms with Gasteiger partial charge in [-0.05, 0) is 24.6 Å². The lowest BCUT2D eigenvalue weighted by molar-refractivity contribution is -0.115. The van der Waals surface area contributed by atoms with E-state index < -0.39 is 0 Å². The van der Waals surface area contributed by atoms with E-state index in [1.165, 1.54) is 0 Å². The van der Waals surface area contributed by atoms with Crippen molar-refractivity contribution in [1.82, 2.24) is 9.78 Å². The van der Waals surface area contributed by atoms with E-state index in [2.05, 4.69) is 15.3 Å². The molecule has 1 aliphatic rings. The Balaban J connectivity index is 1.64. The molecule has 0 saturated heterocycles. The van der Waals surface area contributed by atoms with Crippen molar-refractivity contribution in [2.75, 3.05) is 29.0 Å². The number of amides is 1. The number of nitrogens with one attached hydrogen (secondary N) is 1. The minimum Gasteiger partial charge on any atom is -0.382 e. The topological polar surface area (TPSA) is 76.2 Å². The summed E-state index contributed by atoms with van der Waals surface area (Å²) >= 11 is 0. The lowest BCUT2D eigenvalue weighted by atomic mass is 10.2. The molecule has 2 aromatic rings. The summed E-state index contributed by atoms with van der Waals surface area (Å²) in [4.78, 5) is 13.8. The predicted octanol–water partition coefficient (Wildman–Crippen LogP) is 1.31. The molecule has 0 spiro atoms. The summed E-state index contributed by atoms with van der Waals surface area (Å²) in [5, 5.41) is 7.04. The first-order chi connectivity index (χ1) is 9.72. The van der Waals surface area contributed by atoms with Crippen LogP contribution in [0.25, 0.3) is 0 Å². The Morgan fingerprint density at radius 1 is 1.25 bits per heavy atom. The SMILES string of the molecule is Nc1ccn(CCCN2CC(=O)Nc3ccccc32)n1. The normalized spacial score (nSPS) is 14.0. The van der Waals surface area contributed by atoms with E-state index in [0.29, 0.717) is 12.4 Å². The zero-order chi connectivity index (χ0) is 13.9. The van der Waals surface area contributed by atoms with Crippen LogP contribution in [0.15, 0.2) is 36.5 Å². The first-order valence-electron chi connectivity index (χ1n) is 6.65. The van der Waals surface area contributed by atoms with Crippen LogP contribution in [-0.2, 0) is 11.3 Å². The Hall–Kier alpha value is -2.50. The van der Waals surface area contributed by atoms with Gasteiger partial charge in [0.15, 0.2) is 0 Å². The first-order valence-corrected chi connectivity index (χ1v) is 6.65. The van der Waals surface area contributed by atoms with Crippen molar-refractivity contribution in [2.24, 2.45) is 0 Å². The van der Waals surface area contributed by atoms with Crippen molar-refractivity contribution >= 4 is 23.1 Å². The molecule has 0 bridgehead atoms. The number of hydrogen-bond donors (Lipinski definition) is 2. The number of anilines is 3. The summed E-state index contributed by atoms with van der Waals surface area (Å²) in [7, 11) is 0. The molecule has 0 atom stereocenters. The number of aromatic nitrogens is 2. The molecule has 1 amide bonds. The molecule has 6 nitrogen and oxygen atoms in total. The van der Waals surface area contributed by atoms with Crippen LogP contribution in [0.3, 0.4) is 0 Å². The number of aryl methyl sites for hydroxylation is 1. The number of carbonyl (C=O) groups is 1. The summed E-state index contributed by atoms with van der Waals surface area (Å²) in [6, 6.07) is 9.64. The summed E-state index contributed by atoms with van der Waals surface area (Å²) in [6.45, 7) is 2.00. The maximum atomic E-state index is 11.7. The lowest BCUT2D eigenvalue weighted by Gasteiger charge is -2.30. The van der Waals surface area contributed by atoms with Crippen LogP contribution >= 0.6 is 0 Å². The van der Waals surface area contributed by atoms with Crippen LogP contribution in [0.5, 0.6) is 0 Å². The van der Waals surface area contributed by atoms with Crippen molar-refractivity contribution in [1.29, 1.82) is 0 Å². The summed E-state index contributed by atoms with van der Waals surface area (Å²) < 4.78 is 1.82. The number of benzene rings is 1. The highest BCUT2D eigenvalue weighted by molar-refractivity contribution is 6.01. The molecule has 0 unspecified atom stereocenters. The van der Waals surface area contributed by atoms with E-state index in [-0.39, 0.29) is 5.91 Å². The van der Waals surface area contributed by atoms with Gasteiger partial charge in [-0.25, -0.2) is 0 Å². The van der Waals surface area contributed by atoms with Crippen molar-refractivity contribution in [3.63, 3.8) is 0 Å². The molecule has 3 rings (SSSR count). The minimum absolute atomic E-state index is 0.0343. The monoisotopic (exact) mass is 271 g/mol. The first kappa shape index (κ1) is 12.5. The number of carbonyl (C=O) groups excluding carboxylic acids is 1. The van der Waals surface area contributed by atoms with E-state index in [1.54, 1.807) is 6.07 Å². The molecule has 3 N–H and O–H groups in total. The van der Waals surface area contributed by atoms with Crippen molar-refractivity contribution in [2.45, 2.75) is 13.0 Å². The third kappa shape index (κ3) is 2.59. The van der Waals surface area contributed by atoms with Gasteiger partial charge < -0.3 is 16.0 Å². The Morgan fingerprint density at radius 3 is 2.90 bits per heavy atom. The molecule has 20 heavy (non-hydrogen) atoms. The highest BCUT2D eigenvalue weighted by Crippen LogP contribution is 2.28. The van der Waals surface area contributed by atoms with Gasteiger partial charge in [0.1, 0.15) is 5.82 Å². The molecule has 1 aromatic heterocycles. The van der Waals surface area contributed by atoms with Crippen molar-refractivity contribution < 1.29 is 4.79 Å². The van der Waals surface area contributed by atoms with Gasteiger partial charge in [-0.1, -0.05) is 12.1 Å². The zero-order valence-electron chi connectivity index (χ0n) is 11.1. The number of rotatable bonds is 4. The lowest BCUT2D eigenvalue weighted by Crippen LogP contribution is -2.39. The Kier molecular flexibility index (Phi) is 3.28. The van der Waals surface area contributed by atoms with Crippen LogP contribution in [-0.4, -0.2) is 28.8 Å². The second kappa shape index (κ2) is 5.24. The van der Waals surface area contributed by atoms with E-state index in [9.17, 15) is 4.79 Å². The predicted molar refractivity (Wildman–Crippen MR) is 78.5 cm³/mol. The summed E-state index contributed by atoms with van der Waals surface area (Å²) in [6.07, 6.45) is 2.77. The number of nitrogens with zero attached hydrogens (tertiary/aromatic N) is 3. The molecule has 0 radical (unpaired) electrons. The fraction of sp³-hybridized carbons (Fsp3) is 0.286. The number of nitrogen functional groups attached to an aromatic ring is 1. The van der Waals surface area contributed by atoms with Gasteiger partial charge in [0, 0.05) is 19.3 Å². The van der Waals surface area contributed by atoms with Crippen LogP contribution in [0.1, 0.15) is 6.42 Å². The Morgan fingerprint density at radius 2 is 2.10 bits per heavy atom. The average molecular weight is 271 g/mol. The second-order valence-corrected chi connectivity index (χ2v) is 4.84. The van der Waals surface area contributed by atoms with Crippen LogP contribution < -0.4 is 16.0 Å². The maximum Gasteiger partial charge on any atom is 0.243 e. The molecular weight excluding hydrogens is 254 g/mol. The van der Waals surface area contributed by atoms with Gasteiger partial charge in [0.05, 0.1) is 17.9 Å². The van der Waals surface area contributed by atoms with Gasteiger partial charge in [-0.15, -0.1) is 0 Å². The largest absolute Gasteiger partial charge is 0.382 e. The van der Waals surface area contributed by atoms with Gasteiger partial charge in [0.2, 0.25) is 5.91 Å². The molecule has 0 aliphatic carbocycles. The third-order valence-corrected chi connectivity index (χ3v) is 3.33. The zero-order valence-corrected chi connectivity index (χ0v) is 11.1. The van der Waals surface area contributed by atoms with Crippen LogP contribution in [0.4, 0.5) is 17.2 Å².